The number of benzene rings is 1. The Bertz CT molecular complexity index is 380. The number of anilines is 1. The van der Waals surface area contributed by atoms with E-state index in [0.29, 0.717) is 12.1 Å². The Morgan fingerprint density at radius 1 is 1.35 bits per heavy atom. The maximum absolute atomic E-state index is 6.12. The Morgan fingerprint density at radius 2 is 2.18 bits per heavy atom. The second-order valence-electron chi connectivity index (χ2n) is 4.83. The molecule has 0 spiro atoms. The average molecular weight is 254 g/mol. The van der Waals surface area contributed by atoms with Crippen molar-refractivity contribution in [2.24, 2.45) is 0 Å². The van der Waals surface area contributed by atoms with Gasteiger partial charge in [-0.05, 0) is 50.3 Å². The normalized spacial score (nSPS) is 24.6. The van der Waals surface area contributed by atoms with Crippen molar-refractivity contribution in [3.8, 4) is 0 Å². The van der Waals surface area contributed by atoms with Crippen LogP contribution in [0.3, 0.4) is 0 Å². The monoisotopic (exact) mass is 253 g/mol. The molecule has 2 atom stereocenters. The third kappa shape index (κ3) is 3.36. The smallest absolute Gasteiger partial charge is 0.0590 e. The van der Waals surface area contributed by atoms with E-state index in [1.165, 1.54) is 19.3 Å². The van der Waals surface area contributed by atoms with Gasteiger partial charge in [0, 0.05) is 23.9 Å². The molecular formula is C14H20ClNO. The summed E-state index contributed by atoms with van der Waals surface area (Å²) in [4.78, 5) is 0. The third-order valence-corrected chi connectivity index (χ3v) is 3.91. The van der Waals surface area contributed by atoms with E-state index in [9.17, 15) is 0 Å². The van der Waals surface area contributed by atoms with Crippen molar-refractivity contribution in [1.82, 2.24) is 0 Å². The lowest BCUT2D eigenvalue weighted by atomic mass is 9.92. The molecule has 0 heterocycles. The highest BCUT2D eigenvalue weighted by Crippen LogP contribution is 2.26. The van der Waals surface area contributed by atoms with Gasteiger partial charge in [0.15, 0.2) is 0 Å². The lowest BCUT2D eigenvalue weighted by Gasteiger charge is -2.29. The number of methoxy groups -OCH3 is 1. The Balaban J connectivity index is 1.97. The van der Waals surface area contributed by atoms with Crippen LogP contribution in [-0.2, 0) is 4.74 Å². The van der Waals surface area contributed by atoms with Crippen molar-refractivity contribution in [3.63, 3.8) is 0 Å². The van der Waals surface area contributed by atoms with E-state index in [-0.39, 0.29) is 0 Å². The number of halogens is 1. The summed E-state index contributed by atoms with van der Waals surface area (Å²) in [7, 11) is 1.80. The topological polar surface area (TPSA) is 21.3 Å². The molecule has 0 radical (unpaired) electrons. The average Bonchev–Trinajstić information content (AvgIpc) is 2.34. The summed E-state index contributed by atoms with van der Waals surface area (Å²) >= 11 is 6.12. The summed E-state index contributed by atoms with van der Waals surface area (Å²) < 4.78 is 5.44. The summed E-state index contributed by atoms with van der Waals surface area (Å²) in [5.74, 6) is 0. The molecule has 17 heavy (non-hydrogen) atoms. The quantitative estimate of drug-likeness (QED) is 0.879. The molecule has 1 aromatic carbocycles. The summed E-state index contributed by atoms with van der Waals surface area (Å²) in [6, 6.07) is 6.67. The van der Waals surface area contributed by atoms with Gasteiger partial charge in [-0.1, -0.05) is 17.7 Å². The molecule has 2 nitrogen and oxygen atoms in total. The molecule has 2 rings (SSSR count). The van der Waals surface area contributed by atoms with Crippen LogP contribution < -0.4 is 5.32 Å². The van der Waals surface area contributed by atoms with Gasteiger partial charge in [0.2, 0.25) is 0 Å². The fourth-order valence-electron chi connectivity index (χ4n) is 2.41. The Labute approximate surface area is 108 Å². The largest absolute Gasteiger partial charge is 0.382 e. The van der Waals surface area contributed by atoms with Crippen LogP contribution in [0.4, 0.5) is 5.69 Å². The predicted molar refractivity (Wildman–Crippen MR) is 72.9 cm³/mol. The van der Waals surface area contributed by atoms with Gasteiger partial charge < -0.3 is 10.1 Å². The first-order chi connectivity index (χ1) is 8.19. The van der Waals surface area contributed by atoms with Crippen LogP contribution in [0.1, 0.15) is 31.2 Å². The van der Waals surface area contributed by atoms with Crippen molar-refractivity contribution in [2.75, 3.05) is 12.4 Å². The minimum Gasteiger partial charge on any atom is -0.382 e. The van der Waals surface area contributed by atoms with Gasteiger partial charge in [0.25, 0.3) is 0 Å². The molecule has 94 valence electrons. The highest BCUT2D eigenvalue weighted by Gasteiger charge is 2.21. The van der Waals surface area contributed by atoms with Crippen molar-refractivity contribution in [3.05, 3.63) is 28.8 Å². The molecule has 3 heteroatoms. The summed E-state index contributed by atoms with van der Waals surface area (Å²) in [6.07, 6.45) is 5.12. The van der Waals surface area contributed by atoms with Gasteiger partial charge >= 0.3 is 0 Å². The number of hydrogen-bond donors (Lipinski definition) is 1. The Kier molecular flexibility index (Phi) is 4.30. The number of ether oxygens (including phenoxy) is 1. The Hall–Kier alpha value is -0.730. The fraction of sp³-hybridized carbons (Fsp3) is 0.571. The van der Waals surface area contributed by atoms with Crippen LogP contribution in [0, 0.1) is 6.92 Å². The molecule has 0 bridgehead atoms. The van der Waals surface area contributed by atoms with E-state index in [1.807, 2.05) is 13.0 Å². The number of hydrogen-bond acceptors (Lipinski definition) is 2. The molecule has 0 aromatic heterocycles. The fourth-order valence-corrected chi connectivity index (χ4v) is 2.59. The van der Waals surface area contributed by atoms with Gasteiger partial charge in [0.05, 0.1) is 6.10 Å². The molecule has 1 saturated carbocycles. The van der Waals surface area contributed by atoms with Crippen molar-refractivity contribution in [1.29, 1.82) is 0 Å². The first-order valence-corrected chi connectivity index (χ1v) is 6.62. The zero-order chi connectivity index (χ0) is 12.3. The van der Waals surface area contributed by atoms with Crippen LogP contribution in [-0.4, -0.2) is 19.3 Å². The molecule has 0 aliphatic heterocycles. The molecule has 1 aliphatic rings. The van der Waals surface area contributed by atoms with Gasteiger partial charge in [-0.2, -0.15) is 0 Å². The van der Waals surface area contributed by atoms with Crippen molar-refractivity contribution in [2.45, 2.75) is 44.8 Å². The van der Waals surface area contributed by atoms with E-state index < -0.39 is 0 Å². The first kappa shape index (κ1) is 12.7. The van der Waals surface area contributed by atoms with Gasteiger partial charge in [-0.25, -0.2) is 0 Å². The lowest BCUT2D eigenvalue weighted by Crippen LogP contribution is -2.30. The second kappa shape index (κ2) is 5.74. The van der Waals surface area contributed by atoms with E-state index >= 15 is 0 Å². The van der Waals surface area contributed by atoms with E-state index in [4.69, 9.17) is 16.3 Å². The first-order valence-electron chi connectivity index (χ1n) is 6.24. The minimum absolute atomic E-state index is 0.405. The molecule has 2 unspecified atom stereocenters. The van der Waals surface area contributed by atoms with Crippen LogP contribution in [0.2, 0.25) is 5.02 Å². The Morgan fingerprint density at radius 3 is 2.88 bits per heavy atom. The zero-order valence-electron chi connectivity index (χ0n) is 10.5. The maximum atomic E-state index is 6.12. The lowest BCUT2D eigenvalue weighted by molar-refractivity contribution is 0.0669. The summed E-state index contributed by atoms with van der Waals surface area (Å²) in [5, 5.41) is 4.38. The molecule has 1 N–H and O–H groups in total. The van der Waals surface area contributed by atoms with Crippen LogP contribution in [0.5, 0.6) is 0 Å². The maximum Gasteiger partial charge on any atom is 0.0590 e. The highest BCUT2D eigenvalue weighted by molar-refractivity contribution is 6.31. The second-order valence-corrected chi connectivity index (χ2v) is 5.24. The highest BCUT2D eigenvalue weighted by atomic mass is 35.5. The van der Waals surface area contributed by atoms with Crippen molar-refractivity contribution < 1.29 is 4.74 Å². The van der Waals surface area contributed by atoms with Crippen LogP contribution >= 0.6 is 11.6 Å². The van der Waals surface area contributed by atoms with Gasteiger partial charge in [0.1, 0.15) is 0 Å². The zero-order valence-corrected chi connectivity index (χ0v) is 11.3. The molecule has 1 fully saturated rings. The molecule has 0 amide bonds. The third-order valence-electron chi connectivity index (χ3n) is 3.50. The molecule has 1 aromatic rings. The summed E-state index contributed by atoms with van der Waals surface area (Å²) in [5.41, 5.74) is 2.23. The SMILES string of the molecule is COC1CCCC(Nc2ccc(C)c(Cl)c2)C1. The molecular weight excluding hydrogens is 234 g/mol. The van der Waals surface area contributed by atoms with Crippen LogP contribution in [0.15, 0.2) is 18.2 Å². The number of rotatable bonds is 3. The number of nitrogens with one attached hydrogen (secondary N) is 1. The van der Waals surface area contributed by atoms with E-state index in [2.05, 4.69) is 17.4 Å². The van der Waals surface area contributed by atoms with E-state index in [0.717, 1.165) is 22.7 Å². The molecule has 1 aliphatic carbocycles. The van der Waals surface area contributed by atoms with Crippen LogP contribution in [0.25, 0.3) is 0 Å². The van der Waals surface area contributed by atoms with Gasteiger partial charge in [-0.3, -0.25) is 0 Å². The van der Waals surface area contributed by atoms with E-state index in [1.54, 1.807) is 7.11 Å². The molecule has 0 saturated heterocycles. The number of aryl methyl sites for hydroxylation is 1. The minimum atomic E-state index is 0.405. The van der Waals surface area contributed by atoms with Crippen molar-refractivity contribution >= 4 is 17.3 Å². The summed E-state index contributed by atoms with van der Waals surface area (Å²) in [6.45, 7) is 2.02. The van der Waals surface area contributed by atoms with Gasteiger partial charge in [-0.15, -0.1) is 0 Å². The predicted octanol–water partition coefficient (Wildman–Crippen LogP) is 4.02. The standard InChI is InChI=1S/C14H20ClNO/c1-10-6-7-12(9-14(10)15)16-11-4-3-5-13(8-11)17-2/h6-7,9,11,13,16H,3-5,8H2,1-2H3.